The summed E-state index contributed by atoms with van der Waals surface area (Å²) in [5.41, 5.74) is 0.681. The maximum absolute atomic E-state index is 11.8. The Bertz CT molecular complexity index is 517. The Morgan fingerprint density at radius 3 is 2.67 bits per heavy atom. The molecule has 2 N–H and O–H groups in total. The number of nitrogens with zero attached hydrogens (tertiary/aromatic N) is 2. The van der Waals surface area contributed by atoms with Crippen molar-refractivity contribution in [2.24, 2.45) is 5.92 Å². The maximum Gasteiger partial charge on any atom is 0.292 e. The average molecular weight is 295 g/mol. The minimum atomic E-state index is -0.517. The van der Waals surface area contributed by atoms with Crippen molar-refractivity contribution in [3.05, 3.63) is 33.9 Å². The molecule has 7 heteroatoms. The van der Waals surface area contributed by atoms with Crippen LogP contribution in [0.1, 0.15) is 19.4 Å². The van der Waals surface area contributed by atoms with E-state index < -0.39 is 4.92 Å². The minimum absolute atomic E-state index is 0.0338. The summed E-state index contributed by atoms with van der Waals surface area (Å²) < 4.78 is 0. The summed E-state index contributed by atoms with van der Waals surface area (Å²) in [6, 6.07) is 4.46. The van der Waals surface area contributed by atoms with E-state index in [2.05, 4.69) is 5.32 Å². The lowest BCUT2D eigenvalue weighted by atomic mass is 10.1. The number of benzene rings is 1. The lowest BCUT2D eigenvalue weighted by Crippen LogP contribution is -2.37. The molecule has 0 spiro atoms. The van der Waals surface area contributed by atoms with Crippen LogP contribution in [-0.4, -0.2) is 36.1 Å². The fraction of sp³-hybridized carbons (Fsp3) is 0.500. The summed E-state index contributed by atoms with van der Waals surface area (Å²) >= 11 is 0. The second kappa shape index (κ2) is 7.58. The van der Waals surface area contributed by atoms with Crippen LogP contribution in [0, 0.1) is 16.0 Å². The SMILES string of the molecule is CC(C)CNC(=O)CN(C)c1ccc(CO)cc1[N+](=O)[O-]. The van der Waals surface area contributed by atoms with Gasteiger partial charge in [-0.2, -0.15) is 0 Å². The van der Waals surface area contributed by atoms with E-state index in [0.717, 1.165) is 0 Å². The van der Waals surface area contributed by atoms with Gasteiger partial charge in [0, 0.05) is 19.7 Å². The molecule has 1 rings (SSSR count). The van der Waals surface area contributed by atoms with Crippen LogP contribution in [0.3, 0.4) is 0 Å². The summed E-state index contributed by atoms with van der Waals surface area (Å²) in [6.45, 7) is 4.31. The highest BCUT2D eigenvalue weighted by molar-refractivity contribution is 5.82. The Balaban J connectivity index is 2.84. The van der Waals surface area contributed by atoms with Crippen LogP contribution in [0.25, 0.3) is 0 Å². The van der Waals surface area contributed by atoms with Gasteiger partial charge >= 0.3 is 0 Å². The third-order valence-electron chi connectivity index (χ3n) is 2.92. The van der Waals surface area contributed by atoms with E-state index in [1.807, 2.05) is 13.8 Å². The zero-order valence-corrected chi connectivity index (χ0v) is 12.5. The topological polar surface area (TPSA) is 95.7 Å². The van der Waals surface area contributed by atoms with E-state index in [9.17, 15) is 14.9 Å². The number of carbonyl (C=O) groups is 1. The fourth-order valence-electron chi connectivity index (χ4n) is 1.81. The molecule has 0 aliphatic rings. The molecule has 0 bridgehead atoms. The molecular weight excluding hydrogens is 274 g/mol. The molecule has 0 aliphatic carbocycles. The first-order valence-corrected chi connectivity index (χ1v) is 6.71. The number of anilines is 1. The van der Waals surface area contributed by atoms with Crippen LogP contribution in [0.2, 0.25) is 0 Å². The second-order valence-electron chi connectivity index (χ2n) is 5.29. The zero-order chi connectivity index (χ0) is 16.0. The zero-order valence-electron chi connectivity index (χ0n) is 12.5. The van der Waals surface area contributed by atoms with Gasteiger partial charge in [-0.15, -0.1) is 0 Å². The Morgan fingerprint density at radius 2 is 2.14 bits per heavy atom. The molecule has 1 amide bonds. The van der Waals surface area contributed by atoms with Gasteiger partial charge < -0.3 is 15.3 Å². The van der Waals surface area contributed by atoms with Crippen molar-refractivity contribution >= 4 is 17.3 Å². The van der Waals surface area contributed by atoms with E-state index in [0.29, 0.717) is 23.7 Å². The molecule has 7 nitrogen and oxygen atoms in total. The number of hydrogen-bond acceptors (Lipinski definition) is 5. The lowest BCUT2D eigenvalue weighted by Gasteiger charge is -2.19. The van der Waals surface area contributed by atoms with E-state index in [1.54, 1.807) is 19.2 Å². The molecule has 0 unspecified atom stereocenters. The molecule has 0 saturated heterocycles. The van der Waals surface area contributed by atoms with Gasteiger partial charge in [-0.3, -0.25) is 14.9 Å². The third kappa shape index (κ3) is 5.03. The number of carbonyl (C=O) groups excluding carboxylic acids is 1. The number of likely N-dealkylation sites (N-methyl/N-ethyl adjacent to an activating group) is 1. The monoisotopic (exact) mass is 295 g/mol. The predicted octanol–water partition coefficient (Wildman–Crippen LogP) is 1.30. The van der Waals surface area contributed by atoms with Gasteiger partial charge in [0.25, 0.3) is 5.69 Å². The van der Waals surface area contributed by atoms with E-state index in [-0.39, 0.29) is 24.7 Å². The number of nitro groups is 1. The van der Waals surface area contributed by atoms with Gasteiger partial charge in [-0.05, 0) is 17.5 Å². The molecule has 1 aromatic carbocycles. The van der Waals surface area contributed by atoms with Gasteiger partial charge in [-0.1, -0.05) is 19.9 Å². The number of nitrogens with one attached hydrogen (secondary N) is 1. The van der Waals surface area contributed by atoms with Crippen LogP contribution < -0.4 is 10.2 Å². The number of aliphatic hydroxyl groups excluding tert-OH is 1. The average Bonchev–Trinajstić information content (AvgIpc) is 2.44. The fourth-order valence-corrected chi connectivity index (χ4v) is 1.81. The second-order valence-corrected chi connectivity index (χ2v) is 5.29. The number of nitro benzene ring substituents is 1. The summed E-state index contributed by atoms with van der Waals surface area (Å²) in [7, 11) is 1.62. The Hall–Kier alpha value is -2.15. The van der Waals surface area contributed by atoms with Gasteiger partial charge in [0.1, 0.15) is 5.69 Å². The third-order valence-corrected chi connectivity index (χ3v) is 2.92. The number of amides is 1. The van der Waals surface area contributed by atoms with Crippen molar-refractivity contribution in [2.45, 2.75) is 20.5 Å². The van der Waals surface area contributed by atoms with Crippen molar-refractivity contribution in [3.63, 3.8) is 0 Å². The summed E-state index contributed by atoms with van der Waals surface area (Å²) in [4.78, 5) is 23.9. The smallest absolute Gasteiger partial charge is 0.292 e. The highest BCUT2D eigenvalue weighted by Crippen LogP contribution is 2.28. The van der Waals surface area contributed by atoms with Crippen LogP contribution in [0.15, 0.2) is 18.2 Å². The lowest BCUT2D eigenvalue weighted by molar-refractivity contribution is -0.384. The molecule has 0 fully saturated rings. The normalized spacial score (nSPS) is 10.5. The minimum Gasteiger partial charge on any atom is -0.392 e. The van der Waals surface area contributed by atoms with Crippen LogP contribution >= 0.6 is 0 Å². The number of hydrogen-bond donors (Lipinski definition) is 2. The highest BCUT2D eigenvalue weighted by atomic mass is 16.6. The van der Waals surface area contributed by atoms with Crippen molar-refractivity contribution in [1.82, 2.24) is 5.32 Å². The standard InChI is InChI=1S/C14H21N3O4/c1-10(2)7-15-14(19)8-16(3)12-5-4-11(9-18)6-13(12)17(20)21/h4-6,10,18H,7-9H2,1-3H3,(H,15,19). The highest BCUT2D eigenvalue weighted by Gasteiger charge is 2.19. The maximum atomic E-state index is 11.8. The summed E-state index contributed by atoms with van der Waals surface area (Å²) in [5.74, 6) is 0.157. The van der Waals surface area contributed by atoms with E-state index in [1.165, 1.54) is 11.0 Å². The van der Waals surface area contributed by atoms with Crippen LogP contribution in [0.5, 0.6) is 0 Å². The van der Waals surface area contributed by atoms with Crippen molar-refractivity contribution in [1.29, 1.82) is 0 Å². The molecular formula is C14H21N3O4. The van der Waals surface area contributed by atoms with Crippen molar-refractivity contribution in [2.75, 3.05) is 25.0 Å². The molecule has 0 aromatic heterocycles. The first-order valence-electron chi connectivity index (χ1n) is 6.71. The largest absolute Gasteiger partial charge is 0.392 e. The molecule has 0 saturated carbocycles. The quantitative estimate of drug-likeness (QED) is 0.584. The molecule has 0 radical (unpaired) electrons. The van der Waals surface area contributed by atoms with Gasteiger partial charge in [-0.25, -0.2) is 0 Å². The summed E-state index contributed by atoms with van der Waals surface area (Å²) in [5, 5.41) is 22.9. The van der Waals surface area contributed by atoms with E-state index >= 15 is 0 Å². The Morgan fingerprint density at radius 1 is 1.48 bits per heavy atom. The number of rotatable bonds is 7. The van der Waals surface area contributed by atoms with E-state index in [4.69, 9.17) is 5.11 Å². The van der Waals surface area contributed by atoms with Crippen molar-refractivity contribution < 1.29 is 14.8 Å². The van der Waals surface area contributed by atoms with Gasteiger partial charge in [0.05, 0.1) is 18.1 Å². The van der Waals surface area contributed by atoms with Gasteiger partial charge in [0.15, 0.2) is 0 Å². The number of aliphatic hydroxyl groups is 1. The van der Waals surface area contributed by atoms with Crippen molar-refractivity contribution in [3.8, 4) is 0 Å². The molecule has 0 heterocycles. The summed E-state index contributed by atoms with van der Waals surface area (Å²) in [6.07, 6.45) is 0. The molecule has 1 aromatic rings. The first-order chi connectivity index (χ1) is 9.85. The van der Waals surface area contributed by atoms with Crippen LogP contribution in [0.4, 0.5) is 11.4 Å². The first kappa shape index (κ1) is 16.9. The Labute approximate surface area is 123 Å². The van der Waals surface area contributed by atoms with Crippen LogP contribution in [-0.2, 0) is 11.4 Å². The molecule has 0 aliphatic heterocycles. The molecule has 21 heavy (non-hydrogen) atoms. The van der Waals surface area contributed by atoms with Gasteiger partial charge in [0.2, 0.25) is 5.91 Å². The molecule has 116 valence electrons. The Kier molecular flexibility index (Phi) is 6.10. The predicted molar refractivity (Wildman–Crippen MR) is 80.1 cm³/mol. The molecule has 0 atom stereocenters.